The Balaban J connectivity index is 3.05. The van der Waals surface area contributed by atoms with E-state index in [0.717, 1.165) is 10.6 Å². The molecule has 74 valence electrons. The van der Waals surface area contributed by atoms with Crippen LogP contribution in [0.15, 0.2) is 5.51 Å². The van der Waals surface area contributed by atoms with Crippen LogP contribution in [0.1, 0.15) is 22.7 Å². The highest BCUT2D eigenvalue weighted by Gasteiger charge is 2.23. The van der Waals surface area contributed by atoms with Crippen LogP contribution < -0.4 is 4.72 Å². The van der Waals surface area contributed by atoms with Crippen LogP contribution in [-0.4, -0.2) is 20.4 Å². The van der Waals surface area contributed by atoms with Crippen LogP contribution in [-0.2, 0) is 10.0 Å². The zero-order chi connectivity index (χ0) is 10.1. The Kier molecular flexibility index (Phi) is 3.05. The van der Waals surface area contributed by atoms with E-state index in [9.17, 15) is 8.42 Å². The maximum absolute atomic E-state index is 11.4. The van der Waals surface area contributed by atoms with E-state index in [4.69, 9.17) is 0 Å². The molecule has 0 radical (unpaired) electrons. The molecule has 0 aliphatic rings. The molecule has 1 aromatic rings. The predicted molar refractivity (Wildman–Crippen MR) is 53.2 cm³/mol. The molecule has 0 fully saturated rings. The third-order valence-corrected chi connectivity index (χ3v) is 4.90. The Hall–Kier alpha value is -0.460. The first-order valence-electron chi connectivity index (χ1n) is 3.81. The second kappa shape index (κ2) is 3.73. The first-order valence-corrected chi connectivity index (χ1v) is 6.24. The van der Waals surface area contributed by atoms with E-state index >= 15 is 0 Å². The average molecular weight is 220 g/mol. The fourth-order valence-corrected chi connectivity index (χ4v) is 3.11. The lowest BCUT2D eigenvalue weighted by Gasteiger charge is -2.09. The first kappa shape index (κ1) is 10.6. The van der Waals surface area contributed by atoms with Crippen LogP contribution in [0, 0.1) is 6.92 Å². The van der Waals surface area contributed by atoms with Crippen molar-refractivity contribution in [1.82, 2.24) is 9.71 Å². The van der Waals surface area contributed by atoms with E-state index in [2.05, 4.69) is 9.71 Å². The minimum Gasteiger partial charge on any atom is -0.250 e. The summed E-state index contributed by atoms with van der Waals surface area (Å²) in [5.74, 6) is 0. The molecule has 0 amide bonds. The van der Waals surface area contributed by atoms with Gasteiger partial charge >= 0.3 is 0 Å². The summed E-state index contributed by atoms with van der Waals surface area (Å²) >= 11 is 1.37. The van der Waals surface area contributed by atoms with Gasteiger partial charge in [-0.05, 0) is 20.9 Å². The number of rotatable bonds is 3. The van der Waals surface area contributed by atoms with Crippen LogP contribution in [0.25, 0.3) is 0 Å². The van der Waals surface area contributed by atoms with Gasteiger partial charge in [-0.25, -0.2) is 18.1 Å². The normalized spacial score (nSPS) is 14.4. The third kappa shape index (κ3) is 2.07. The molecule has 1 aromatic heterocycles. The number of hydrogen-bond donors (Lipinski definition) is 1. The lowest BCUT2D eigenvalue weighted by Crippen LogP contribution is -2.23. The highest BCUT2D eigenvalue weighted by atomic mass is 32.2. The van der Waals surface area contributed by atoms with Gasteiger partial charge in [0.05, 0.1) is 11.2 Å². The molecule has 0 saturated heterocycles. The summed E-state index contributed by atoms with van der Waals surface area (Å²) in [5.41, 5.74) is 2.45. The van der Waals surface area contributed by atoms with Gasteiger partial charge in [-0.3, -0.25) is 0 Å². The number of aromatic nitrogens is 1. The van der Waals surface area contributed by atoms with Gasteiger partial charge in [0.2, 0.25) is 10.0 Å². The summed E-state index contributed by atoms with van der Waals surface area (Å²) in [6.07, 6.45) is 0. The quantitative estimate of drug-likeness (QED) is 0.828. The lowest BCUT2D eigenvalue weighted by molar-refractivity contribution is 0.578. The van der Waals surface area contributed by atoms with Gasteiger partial charge in [-0.1, -0.05) is 0 Å². The Bertz CT molecular complexity index is 383. The van der Waals surface area contributed by atoms with Gasteiger partial charge in [-0.15, -0.1) is 11.3 Å². The topological polar surface area (TPSA) is 59.1 Å². The predicted octanol–water partition coefficient (Wildman–Crippen LogP) is 1.06. The Morgan fingerprint density at radius 2 is 2.23 bits per heavy atom. The number of nitrogens with zero attached hydrogens (tertiary/aromatic N) is 1. The van der Waals surface area contributed by atoms with Crippen LogP contribution in [0.5, 0.6) is 0 Å². The summed E-state index contributed by atoms with van der Waals surface area (Å²) < 4.78 is 25.1. The summed E-state index contributed by atoms with van der Waals surface area (Å²) in [6, 6.07) is 0. The molecule has 0 spiro atoms. The molecule has 1 N–H and O–H groups in total. The van der Waals surface area contributed by atoms with Gasteiger partial charge in [-0.2, -0.15) is 0 Å². The standard InChI is InChI=1S/C7H12N2O2S2/c1-5-7(12-4-9-5)6(2)13(10,11)8-3/h4,6,8H,1-3H3. The van der Waals surface area contributed by atoms with Gasteiger partial charge < -0.3 is 0 Å². The minimum absolute atomic E-state index is 0.523. The highest BCUT2D eigenvalue weighted by Crippen LogP contribution is 2.26. The molecule has 1 rings (SSSR count). The SMILES string of the molecule is CNS(=O)(=O)C(C)c1scnc1C. The number of hydrogen-bond acceptors (Lipinski definition) is 4. The van der Waals surface area contributed by atoms with Crippen molar-refractivity contribution in [3.63, 3.8) is 0 Å². The molecule has 0 aliphatic heterocycles. The summed E-state index contributed by atoms with van der Waals surface area (Å²) in [4.78, 5) is 4.81. The molecule has 0 aliphatic carbocycles. The maximum atomic E-state index is 11.4. The molecule has 1 atom stereocenters. The summed E-state index contributed by atoms with van der Waals surface area (Å²) in [5, 5.41) is -0.523. The van der Waals surface area contributed by atoms with Gasteiger partial charge in [0.15, 0.2) is 0 Å². The average Bonchev–Trinajstić information content (AvgIpc) is 2.50. The largest absolute Gasteiger partial charge is 0.250 e. The molecule has 1 unspecified atom stereocenters. The van der Waals surface area contributed by atoms with E-state index in [1.807, 2.05) is 6.92 Å². The number of thiazole rings is 1. The first-order chi connectivity index (χ1) is 5.99. The molecular weight excluding hydrogens is 208 g/mol. The Morgan fingerprint density at radius 1 is 1.62 bits per heavy atom. The van der Waals surface area contributed by atoms with Crippen molar-refractivity contribution in [3.05, 3.63) is 16.1 Å². The van der Waals surface area contributed by atoms with Crippen molar-refractivity contribution in [1.29, 1.82) is 0 Å². The summed E-state index contributed by atoms with van der Waals surface area (Å²) in [7, 11) is -1.80. The molecule has 0 bridgehead atoms. The van der Waals surface area contributed by atoms with Crippen LogP contribution >= 0.6 is 11.3 Å². The van der Waals surface area contributed by atoms with Crippen molar-refractivity contribution in [2.75, 3.05) is 7.05 Å². The summed E-state index contributed by atoms with van der Waals surface area (Å²) in [6.45, 7) is 3.47. The number of nitrogens with one attached hydrogen (secondary N) is 1. The Morgan fingerprint density at radius 3 is 2.62 bits per heavy atom. The zero-order valence-corrected chi connectivity index (χ0v) is 9.37. The third-order valence-electron chi connectivity index (χ3n) is 1.90. The lowest BCUT2D eigenvalue weighted by atomic mass is 10.3. The van der Waals surface area contributed by atoms with E-state index < -0.39 is 15.3 Å². The fraction of sp³-hybridized carbons (Fsp3) is 0.571. The Labute approximate surface area is 82.1 Å². The van der Waals surface area contributed by atoms with Crippen molar-refractivity contribution >= 4 is 21.4 Å². The number of sulfonamides is 1. The molecule has 0 aromatic carbocycles. The molecule has 0 saturated carbocycles. The van der Waals surface area contributed by atoms with E-state index in [-0.39, 0.29) is 0 Å². The van der Waals surface area contributed by atoms with Gasteiger partial charge in [0, 0.05) is 4.88 Å². The zero-order valence-electron chi connectivity index (χ0n) is 7.73. The molecule has 4 nitrogen and oxygen atoms in total. The van der Waals surface area contributed by atoms with E-state index in [0.29, 0.717) is 0 Å². The molecule has 6 heteroatoms. The monoisotopic (exact) mass is 220 g/mol. The van der Waals surface area contributed by atoms with Crippen LogP contribution in [0.4, 0.5) is 0 Å². The van der Waals surface area contributed by atoms with Crippen molar-refractivity contribution < 1.29 is 8.42 Å². The second-order valence-corrected chi connectivity index (χ2v) is 5.79. The second-order valence-electron chi connectivity index (χ2n) is 2.69. The minimum atomic E-state index is -3.22. The number of aryl methyl sites for hydroxylation is 1. The molecule has 13 heavy (non-hydrogen) atoms. The molecule has 1 heterocycles. The maximum Gasteiger partial charge on any atom is 0.219 e. The van der Waals surface area contributed by atoms with Crippen molar-refractivity contribution in [2.45, 2.75) is 19.1 Å². The molecular formula is C7H12N2O2S2. The van der Waals surface area contributed by atoms with Crippen LogP contribution in [0.3, 0.4) is 0 Å². The van der Waals surface area contributed by atoms with E-state index in [1.54, 1.807) is 12.4 Å². The van der Waals surface area contributed by atoms with E-state index in [1.165, 1.54) is 18.4 Å². The van der Waals surface area contributed by atoms with Crippen molar-refractivity contribution in [2.24, 2.45) is 0 Å². The highest BCUT2D eigenvalue weighted by molar-refractivity contribution is 7.89. The van der Waals surface area contributed by atoms with Gasteiger partial charge in [0.25, 0.3) is 0 Å². The smallest absolute Gasteiger partial charge is 0.219 e. The van der Waals surface area contributed by atoms with Crippen LogP contribution in [0.2, 0.25) is 0 Å². The van der Waals surface area contributed by atoms with Crippen molar-refractivity contribution in [3.8, 4) is 0 Å². The van der Waals surface area contributed by atoms with Gasteiger partial charge in [0.1, 0.15) is 5.25 Å². The fourth-order valence-electron chi connectivity index (χ4n) is 1.02.